The molecular formula is C20H35LiN3Si2. The van der Waals surface area contributed by atoms with E-state index in [0.717, 1.165) is 12.1 Å². The smallest absolute Gasteiger partial charge is 0.109 e. The van der Waals surface area contributed by atoms with Gasteiger partial charge in [-0.2, -0.15) is 5.10 Å². The topological polar surface area (TPSA) is 40.7 Å². The van der Waals surface area contributed by atoms with Crippen molar-refractivity contribution in [1.82, 2.24) is 14.8 Å². The van der Waals surface area contributed by atoms with E-state index in [-0.39, 0.29) is 18.9 Å². The average Bonchev–Trinajstić information content (AvgIpc) is 2.74. The zero-order chi connectivity index (χ0) is 18.5. The van der Waals surface area contributed by atoms with Gasteiger partial charge in [0, 0.05) is 35.7 Å². The molecule has 0 saturated carbocycles. The Bertz CT molecular complexity index is 646. The number of aryl methyl sites for hydroxylation is 1. The molecule has 0 spiro atoms. The number of H-pyrrole nitrogens is 1. The molecule has 139 valence electrons. The number of hydrogen-bond donors (Lipinski definition) is 2. The van der Waals surface area contributed by atoms with E-state index in [9.17, 15) is 0 Å². The molecule has 2 aromatic rings. The number of nitrogens with zero attached hydrogens (tertiary/aromatic N) is 1. The number of aromatic amines is 1. The van der Waals surface area contributed by atoms with Gasteiger partial charge in [-0.3, -0.25) is 5.10 Å². The van der Waals surface area contributed by atoms with Crippen molar-refractivity contribution < 1.29 is 0 Å². The Kier molecular flexibility index (Phi) is 9.11. The number of fused-ring (bicyclic) bond motifs is 1. The molecule has 3 nitrogen and oxygen atoms in total. The molecule has 1 aliphatic carbocycles. The van der Waals surface area contributed by atoms with Crippen molar-refractivity contribution in [2.75, 3.05) is 0 Å². The first-order chi connectivity index (χ1) is 11.7. The summed E-state index contributed by atoms with van der Waals surface area (Å²) in [6.07, 6.45) is 6.28. The summed E-state index contributed by atoms with van der Waals surface area (Å²) in [7, 11) is -1.96. The molecule has 1 aromatic heterocycles. The molecule has 0 saturated heterocycles. The molecule has 0 bridgehead atoms. The minimum absolute atomic E-state index is 0. The van der Waals surface area contributed by atoms with Gasteiger partial charge in [-0.25, -0.2) is 0 Å². The van der Waals surface area contributed by atoms with Crippen LogP contribution in [-0.4, -0.2) is 45.5 Å². The summed E-state index contributed by atoms with van der Waals surface area (Å²) in [5, 5.41) is 7.70. The van der Waals surface area contributed by atoms with E-state index >= 15 is 0 Å². The molecule has 1 radical (unpaired) electrons. The van der Waals surface area contributed by atoms with Gasteiger partial charge in [0.15, 0.2) is 0 Å². The normalized spacial score (nSPS) is 14.4. The van der Waals surface area contributed by atoms with Crippen molar-refractivity contribution in [2.45, 2.75) is 71.4 Å². The van der Waals surface area contributed by atoms with E-state index in [2.05, 4.69) is 84.5 Å². The Hall–Kier alpha value is -0.579. The van der Waals surface area contributed by atoms with Gasteiger partial charge in [0.2, 0.25) is 0 Å². The number of hydrogen-bond acceptors (Lipinski definition) is 2. The number of aromatic nitrogens is 2. The van der Waals surface area contributed by atoms with E-state index in [1.54, 1.807) is 0 Å². The molecule has 2 N–H and O–H groups in total. The maximum Gasteiger partial charge on any atom is 0.109 e. The van der Waals surface area contributed by atoms with Crippen LogP contribution in [0.2, 0.25) is 39.3 Å². The van der Waals surface area contributed by atoms with Gasteiger partial charge in [0.1, 0.15) is 16.5 Å². The first-order valence-electron chi connectivity index (χ1n) is 9.57. The number of nitrogens with one attached hydrogen (secondary N) is 2. The summed E-state index contributed by atoms with van der Waals surface area (Å²) in [5.41, 5.74) is 5.21. The Labute approximate surface area is 174 Å². The van der Waals surface area contributed by atoms with Crippen molar-refractivity contribution in [1.29, 1.82) is 0 Å². The van der Waals surface area contributed by atoms with E-state index < -0.39 is 16.5 Å². The average molecular weight is 381 g/mol. The van der Waals surface area contributed by atoms with Crippen LogP contribution in [0.1, 0.15) is 30.5 Å². The van der Waals surface area contributed by atoms with Gasteiger partial charge in [0.05, 0.1) is 5.69 Å². The van der Waals surface area contributed by atoms with Crippen LogP contribution in [0.25, 0.3) is 11.3 Å². The van der Waals surface area contributed by atoms with Crippen molar-refractivity contribution in [2.24, 2.45) is 0 Å². The maximum atomic E-state index is 4.48. The Morgan fingerprint density at radius 2 is 1.42 bits per heavy atom. The minimum Gasteiger partial charge on any atom is -0.360 e. The molecular weight excluding hydrogens is 345 g/mol. The largest absolute Gasteiger partial charge is 0.360 e. The van der Waals surface area contributed by atoms with Gasteiger partial charge >= 0.3 is 0 Å². The third-order valence-corrected chi connectivity index (χ3v) is 10.1. The van der Waals surface area contributed by atoms with Crippen LogP contribution in [0.4, 0.5) is 0 Å². The zero-order valence-corrected chi connectivity index (χ0v) is 19.9. The van der Waals surface area contributed by atoms with Crippen LogP contribution < -0.4 is 4.65 Å². The molecule has 0 atom stereocenters. The monoisotopic (exact) mass is 380 g/mol. The van der Waals surface area contributed by atoms with Crippen LogP contribution in [0.3, 0.4) is 0 Å². The van der Waals surface area contributed by atoms with Gasteiger partial charge in [-0.1, -0.05) is 76.0 Å². The summed E-state index contributed by atoms with van der Waals surface area (Å²) in [6.45, 7) is 14.1. The fourth-order valence-corrected chi connectivity index (χ4v) is 12.6. The predicted molar refractivity (Wildman–Crippen MR) is 121 cm³/mol. The number of rotatable bonds is 3. The predicted octanol–water partition coefficient (Wildman–Crippen LogP) is 5.21. The van der Waals surface area contributed by atoms with Gasteiger partial charge in [-0.05, 0) is 25.7 Å². The van der Waals surface area contributed by atoms with Gasteiger partial charge in [-0.15, -0.1) is 0 Å². The molecule has 6 heteroatoms. The van der Waals surface area contributed by atoms with E-state index in [4.69, 9.17) is 0 Å². The Balaban J connectivity index is 0.000000295. The van der Waals surface area contributed by atoms with Gasteiger partial charge < -0.3 is 4.65 Å². The van der Waals surface area contributed by atoms with Crippen molar-refractivity contribution in [3.8, 4) is 11.3 Å². The fourth-order valence-electron chi connectivity index (χ4n) is 3.62. The zero-order valence-electron chi connectivity index (χ0n) is 17.9. The first-order valence-corrected chi connectivity index (χ1v) is 16.6. The summed E-state index contributed by atoms with van der Waals surface area (Å²) in [5.74, 6) is 0. The van der Waals surface area contributed by atoms with E-state index in [0.29, 0.717) is 0 Å². The molecule has 0 unspecified atom stereocenters. The van der Waals surface area contributed by atoms with Crippen molar-refractivity contribution in [3.05, 3.63) is 41.6 Å². The van der Waals surface area contributed by atoms with Crippen molar-refractivity contribution in [3.63, 3.8) is 0 Å². The quantitative estimate of drug-likeness (QED) is 0.567. The van der Waals surface area contributed by atoms with Crippen LogP contribution in [-0.2, 0) is 12.8 Å². The van der Waals surface area contributed by atoms with Crippen LogP contribution in [0, 0.1) is 0 Å². The Morgan fingerprint density at radius 1 is 0.846 bits per heavy atom. The third kappa shape index (κ3) is 7.98. The summed E-state index contributed by atoms with van der Waals surface area (Å²) in [4.78, 5) is 0. The van der Waals surface area contributed by atoms with E-state index in [1.807, 2.05) is 0 Å². The molecule has 1 heterocycles. The fraction of sp³-hybridized carbons (Fsp3) is 0.550. The molecule has 1 aromatic carbocycles. The second-order valence-corrected chi connectivity index (χ2v) is 19.1. The van der Waals surface area contributed by atoms with Crippen molar-refractivity contribution >= 4 is 35.3 Å². The maximum absolute atomic E-state index is 4.48. The Morgan fingerprint density at radius 3 is 1.96 bits per heavy atom. The van der Waals surface area contributed by atoms with Crippen LogP contribution in [0.15, 0.2) is 30.3 Å². The standard InChI is InChI=1S/C14H16N2.C6H19NSi2.Li/c1-3-7-11(8-4-1)14-12-9-5-2-6-10-13(12)15-16-14;1-8(2,3)7-9(4,5)6;/h1,3-4,7-8H,2,5-6,9-10H2,(H,15,16);7H,1-6H3;. The molecule has 26 heavy (non-hydrogen) atoms. The SMILES string of the molecule is C[Si](C)(C)N[Si](C)(C)C.[Li].c1ccc(-c2n[nH]c3c2CCCCC3)cc1. The molecule has 3 rings (SSSR count). The van der Waals surface area contributed by atoms with Crippen LogP contribution in [0.5, 0.6) is 0 Å². The van der Waals surface area contributed by atoms with Crippen LogP contribution >= 0.6 is 0 Å². The molecule has 1 aliphatic rings. The molecule has 0 aliphatic heterocycles. The third-order valence-electron chi connectivity index (χ3n) is 4.10. The summed E-state index contributed by atoms with van der Waals surface area (Å²) < 4.78 is 3.74. The second kappa shape index (κ2) is 10.1. The first kappa shape index (κ1) is 23.5. The van der Waals surface area contributed by atoms with E-state index in [1.165, 1.54) is 42.5 Å². The molecule has 0 amide bonds. The second-order valence-electron chi connectivity index (χ2n) is 9.08. The van der Waals surface area contributed by atoms with Gasteiger partial charge in [0.25, 0.3) is 0 Å². The summed E-state index contributed by atoms with van der Waals surface area (Å²) in [6, 6.07) is 10.5. The summed E-state index contributed by atoms with van der Waals surface area (Å²) >= 11 is 0. The number of benzene rings is 1. The minimum atomic E-state index is -0.981. The molecule has 0 fully saturated rings.